The molecule has 1 unspecified atom stereocenters. The molecule has 0 aliphatic carbocycles. The van der Waals surface area contributed by atoms with Gasteiger partial charge >= 0.3 is 0 Å². The maximum atomic E-state index is 12.5. The number of anilines is 1. The standard InChI is InChI=1S/C15H21BrN2O2S/c1-14(2,3)21(20)18-12-9-7-6-8-10(16)11(9)17-13(19)15(12,4)5/h6-8,12,18H,1-5H3,(H,17,19)/t12?,21-/m0/s1. The first-order valence-corrected chi connectivity index (χ1v) is 8.77. The smallest absolute Gasteiger partial charge is 0.232 e. The van der Waals surface area contributed by atoms with Gasteiger partial charge in [0.25, 0.3) is 0 Å². The minimum absolute atomic E-state index is 0.0784. The van der Waals surface area contributed by atoms with Gasteiger partial charge in [-0.1, -0.05) is 12.1 Å². The third-order valence-corrected chi connectivity index (χ3v) is 5.91. The molecule has 1 aromatic rings. The zero-order chi connectivity index (χ0) is 16.0. The fraction of sp³-hybridized carbons (Fsp3) is 0.533. The predicted octanol–water partition coefficient (Wildman–Crippen LogP) is 3.52. The van der Waals surface area contributed by atoms with Gasteiger partial charge in [0.05, 0.1) is 32.9 Å². The Kier molecular flexibility index (Phi) is 4.35. The molecule has 0 radical (unpaired) electrons. The third-order valence-electron chi connectivity index (χ3n) is 3.68. The van der Waals surface area contributed by atoms with Crippen molar-refractivity contribution in [3.05, 3.63) is 28.2 Å². The fourth-order valence-electron chi connectivity index (χ4n) is 2.20. The van der Waals surface area contributed by atoms with Gasteiger partial charge < -0.3 is 5.32 Å². The Balaban J connectivity index is 2.49. The van der Waals surface area contributed by atoms with E-state index in [9.17, 15) is 9.00 Å². The van der Waals surface area contributed by atoms with Crippen molar-refractivity contribution in [1.29, 1.82) is 0 Å². The number of amides is 1. The van der Waals surface area contributed by atoms with E-state index >= 15 is 0 Å². The minimum Gasteiger partial charge on any atom is -0.324 e. The quantitative estimate of drug-likeness (QED) is 0.834. The summed E-state index contributed by atoms with van der Waals surface area (Å²) in [6.45, 7) is 9.46. The fourth-order valence-corrected chi connectivity index (χ4v) is 3.67. The molecule has 1 aliphatic rings. The molecule has 21 heavy (non-hydrogen) atoms. The lowest BCUT2D eigenvalue weighted by atomic mass is 9.77. The largest absolute Gasteiger partial charge is 0.324 e. The van der Waals surface area contributed by atoms with E-state index in [1.807, 2.05) is 52.8 Å². The molecule has 0 saturated heterocycles. The van der Waals surface area contributed by atoms with Gasteiger partial charge in [-0.15, -0.1) is 0 Å². The van der Waals surface area contributed by atoms with Gasteiger partial charge in [0, 0.05) is 4.47 Å². The van der Waals surface area contributed by atoms with Gasteiger partial charge in [0.2, 0.25) is 5.91 Å². The van der Waals surface area contributed by atoms with Gasteiger partial charge in [0.15, 0.2) is 0 Å². The second-order valence-corrected chi connectivity index (χ2v) is 9.66. The van der Waals surface area contributed by atoms with Crippen LogP contribution in [-0.4, -0.2) is 14.9 Å². The van der Waals surface area contributed by atoms with Crippen LogP contribution in [0.5, 0.6) is 0 Å². The number of carbonyl (C=O) groups is 1. The summed E-state index contributed by atoms with van der Waals surface area (Å²) in [5.41, 5.74) is 1.02. The zero-order valence-corrected chi connectivity index (χ0v) is 15.3. The Bertz CT molecular complexity index is 608. The van der Waals surface area contributed by atoms with Crippen LogP contribution >= 0.6 is 15.9 Å². The average Bonchev–Trinajstić information content (AvgIpc) is 2.35. The molecule has 1 aromatic carbocycles. The lowest BCUT2D eigenvalue weighted by molar-refractivity contribution is -0.125. The summed E-state index contributed by atoms with van der Waals surface area (Å²) in [6.07, 6.45) is 0. The lowest BCUT2D eigenvalue weighted by Crippen LogP contribution is -2.49. The zero-order valence-electron chi connectivity index (χ0n) is 12.9. The van der Waals surface area contributed by atoms with Crippen molar-refractivity contribution in [3.63, 3.8) is 0 Å². The molecule has 1 heterocycles. The first-order chi connectivity index (χ1) is 9.55. The summed E-state index contributed by atoms with van der Waals surface area (Å²) < 4.78 is 16.1. The maximum absolute atomic E-state index is 12.5. The Labute approximate surface area is 136 Å². The molecule has 0 bridgehead atoms. The van der Waals surface area contributed by atoms with Crippen molar-refractivity contribution in [1.82, 2.24) is 4.72 Å². The number of carbonyl (C=O) groups excluding carboxylic acids is 1. The predicted molar refractivity (Wildman–Crippen MR) is 90.3 cm³/mol. The molecule has 1 amide bonds. The molecule has 0 saturated carbocycles. The van der Waals surface area contributed by atoms with E-state index in [0.29, 0.717) is 0 Å². The summed E-state index contributed by atoms with van der Waals surface area (Å²) in [5.74, 6) is -0.0784. The SMILES string of the molecule is CC1(C)C(=O)Nc2c(Br)cccc2C1N[S@@](=O)C(C)(C)C. The second-order valence-electron chi connectivity index (χ2n) is 6.81. The summed E-state index contributed by atoms with van der Waals surface area (Å²) in [5, 5.41) is 2.94. The number of hydrogen-bond acceptors (Lipinski definition) is 2. The summed E-state index contributed by atoms with van der Waals surface area (Å²) >= 11 is 3.46. The molecule has 116 valence electrons. The van der Waals surface area contributed by atoms with Crippen molar-refractivity contribution in [2.45, 2.75) is 45.4 Å². The molecule has 0 aromatic heterocycles. The molecule has 2 atom stereocenters. The van der Waals surface area contributed by atoms with Crippen LogP contribution in [0.15, 0.2) is 22.7 Å². The maximum Gasteiger partial charge on any atom is 0.232 e. The molecular formula is C15H21BrN2O2S. The van der Waals surface area contributed by atoms with Crippen molar-refractivity contribution in [2.75, 3.05) is 5.32 Å². The molecule has 1 aliphatic heterocycles. The van der Waals surface area contributed by atoms with Crippen LogP contribution in [0, 0.1) is 5.41 Å². The Hall–Kier alpha value is -0.720. The molecular weight excluding hydrogens is 352 g/mol. The van der Waals surface area contributed by atoms with Crippen LogP contribution in [-0.2, 0) is 15.8 Å². The van der Waals surface area contributed by atoms with Crippen LogP contribution in [0.25, 0.3) is 0 Å². The number of nitrogens with one attached hydrogen (secondary N) is 2. The monoisotopic (exact) mass is 372 g/mol. The lowest BCUT2D eigenvalue weighted by Gasteiger charge is -2.40. The van der Waals surface area contributed by atoms with Crippen molar-refractivity contribution < 1.29 is 9.00 Å². The minimum atomic E-state index is -1.26. The average molecular weight is 373 g/mol. The first-order valence-electron chi connectivity index (χ1n) is 6.83. The first kappa shape index (κ1) is 16.6. The number of rotatable bonds is 2. The highest BCUT2D eigenvalue weighted by atomic mass is 79.9. The number of hydrogen-bond donors (Lipinski definition) is 2. The summed E-state index contributed by atoms with van der Waals surface area (Å²) in [4.78, 5) is 12.4. The summed E-state index contributed by atoms with van der Waals surface area (Å²) in [6, 6.07) is 5.46. The van der Waals surface area contributed by atoms with E-state index in [4.69, 9.17) is 0 Å². The molecule has 6 heteroatoms. The van der Waals surface area contributed by atoms with E-state index in [1.165, 1.54) is 0 Å². The van der Waals surface area contributed by atoms with Crippen LogP contribution < -0.4 is 10.0 Å². The Morgan fingerprint density at radius 2 is 1.95 bits per heavy atom. The number of halogens is 1. The normalized spacial score (nSPS) is 22.4. The van der Waals surface area contributed by atoms with E-state index in [-0.39, 0.29) is 11.9 Å². The van der Waals surface area contributed by atoms with Crippen LogP contribution in [0.1, 0.15) is 46.2 Å². The van der Waals surface area contributed by atoms with Crippen LogP contribution in [0.4, 0.5) is 5.69 Å². The number of fused-ring (bicyclic) bond motifs is 1. The van der Waals surface area contributed by atoms with E-state index in [1.54, 1.807) is 0 Å². The van der Waals surface area contributed by atoms with Gasteiger partial charge in [0.1, 0.15) is 0 Å². The number of benzene rings is 1. The van der Waals surface area contributed by atoms with Gasteiger partial charge in [-0.2, -0.15) is 0 Å². The van der Waals surface area contributed by atoms with Crippen molar-refractivity contribution in [3.8, 4) is 0 Å². The Morgan fingerprint density at radius 3 is 2.52 bits per heavy atom. The van der Waals surface area contributed by atoms with E-state index < -0.39 is 21.1 Å². The highest BCUT2D eigenvalue weighted by molar-refractivity contribution is 9.10. The van der Waals surface area contributed by atoms with Crippen molar-refractivity contribution >= 4 is 38.5 Å². The van der Waals surface area contributed by atoms with Crippen molar-refractivity contribution in [2.24, 2.45) is 5.41 Å². The molecule has 2 N–H and O–H groups in total. The van der Waals surface area contributed by atoms with E-state index in [2.05, 4.69) is 26.0 Å². The van der Waals surface area contributed by atoms with E-state index in [0.717, 1.165) is 15.7 Å². The molecule has 0 fully saturated rings. The van der Waals surface area contributed by atoms with Crippen LogP contribution in [0.3, 0.4) is 0 Å². The highest BCUT2D eigenvalue weighted by Gasteiger charge is 2.44. The summed E-state index contributed by atoms with van der Waals surface area (Å²) in [7, 11) is -1.26. The van der Waals surface area contributed by atoms with Gasteiger partial charge in [-0.3, -0.25) is 4.79 Å². The number of para-hydroxylation sites is 1. The van der Waals surface area contributed by atoms with Gasteiger partial charge in [-0.05, 0) is 62.2 Å². The third kappa shape index (κ3) is 3.07. The second kappa shape index (κ2) is 5.48. The molecule has 2 rings (SSSR count). The molecule has 4 nitrogen and oxygen atoms in total. The Morgan fingerprint density at radius 1 is 1.33 bits per heavy atom. The highest BCUT2D eigenvalue weighted by Crippen LogP contribution is 2.45. The topological polar surface area (TPSA) is 58.2 Å². The molecule has 0 spiro atoms. The van der Waals surface area contributed by atoms with Crippen LogP contribution in [0.2, 0.25) is 0 Å². The van der Waals surface area contributed by atoms with Gasteiger partial charge in [-0.25, -0.2) is 8.93 Å².